The fraction of sp³-hybridized carbons (Fsp3) is 0.238. The Balaban J connectivity index is 1.75. The summed E-state index contributed by atoms with van der Waals surface area (Å²) in [6, 6.07) is 9.56. The Labute approximate surface area is 174 Å². The van der Waals surface area contributed by atoms with Gasteiger partial charge in [0.25, 0.3) is 0 Å². The van der Waals surface area contributed by atoms with Gasteiger partial charge < -0.3 is 14.7 Å². The second-order valence-electron chi connectivity index (χ2n) is 7.36. The largest absolute Gasteiger partial charge is 0.478 e. The van der Waals surface area contributed by atoms with Crippen LogP contribution in [0.5, 0.6) is 0 Å². The molecule has 4 rings (SSSR count). The number of carboxylic acid groups (broad SMARTS) is 1. The minimum atomic E-state index is -4.85. The fourth-order valence-electron chi connectivity index (χ4n) is 3.55. The van der Waals surface area contributed by atoms with E-state index in [-0.39, 0.29) is 17.3 Å². The van der Waals surface area contributed by atoms with Crippen LogP contribution in [-0.4, -0.2) is 35.8 Å². The summed E-state index contributed by atoms with van der Waals surface area (Å²) in [4.78, 5) is 18.3. The molecule has 4 aromatic rings. The smallest absolute Gasteiger partial charge is 0.419 e. The summed E-state index contributed by atoms with van der Waals surface area (Å²) < 4.78 is 42.6. The molecule has 0 aliphatic rings. The molecule has 31 heavy (non-hydrogen) atoms. The van der Waals surface area contributed by atoms with Gasteiger partial charge in [-0.2, -0.15) is 13.2 Å². The van der Waals surface area contributed by atoms with Crippen LogP contribution < -0.4 is 0 Å². The lowest BCUT2D eigenvalue weighted by atomic mass is 9.95. The first-order valence-electron chi connectivity index (χ1n) is 9.41. The predicted octanol–water partition coefficient (Wildman–Crippen LogP) is 4.42. The highest BCUT2D eigenvalue weighted by molar-refractivity contribution is 5.96. The van der Waals surface area contributed by atoms with E-state index in [0.29, 0.717) is 12.0 Å². The van der Waals surface area contributed by atoms with E-state index in [9.17, 15) is 23.1 Å². The second-order valence-corrected chi connectivity index (χ2v) is 7.36. The number of halogens is 3. The lowest BCUT2D eigenvalue weighted by Gasteiger charge is -2.12. The van der Waals surface area contributed by atoms with E-state index in [0.717, 1.165) is 17.5 Å². The van der Waals surface area contributed by atoms with Gasteiger partial charge in [0.1, 0.15) is 23.5 Å². The molecule has 0 spiro atoms. The van der Waals surface area contributed by atoms with Crippen LogP contribution in [0.4, 0.5) is 13.2 Å². The number of aromatic carboxylic acids is 1. The third-order valence-electron chi connectivity index (χ3n) is 5.19. The topological polar surface area (TPSA) is 96.7 Å². The van der Waals surface area contributed by atoms with Crippen LogP contribution in [0.1, 0.15) is 40.2 Å². The lowest BCUT2D eigenvalue weighted by molar-refractivity contribution is -0.136. The molecule has 2 aromatic heterocycles. The van der Waals surface area contributed by atoms with Gasteiger partial charge in [0.05, 0.1) is 16.6 Å². The predicted molar refractivity (Wildman–Crippen MR) is 107 cm³/mol. The summed E-state index contributed by atoms with van der Waals surface area (Å²) >= 11 is 0. The summed E-state index contributed by atoms with van der Waals surface area (Å²) in [5.74, 6) is -0.525. The number of aromatic nitrogens is 5. The number of aromatic amines is 1. The van der Waals surface area contributed by atoms with Crippen molar-refractivity contribution < 1.29 is 23.1 Å². The fourth-order valence-corrected chi connectivity index (χ4v) is 3.55. The van der Waals surface area contributed by atoms with Gasteiger partial charge in [-0.15, -0.1) is 10.2 Å². The first kappa shape index (κ1) is 20.6. The minimum Gasteiger partial charge on any atom is -0.478 e. The van der Waals surface area contributed by atoms with Gasteiger partial charge in [-0.25, -0.2) is 9.78 Å². The third kappa shape index (κ3) is 3.88. The number of alkyl halides is 3. The Hall–Kier alpha value is -3.69. The number of H-pyrrole nitrogens is 1. The molecular formula is C21H18F3N5O2. The van der Waals surface area contributed by atoms with E-state index >= 15 is 0 Å². The number of nitrogens with zero attached hydrogens (tertiary/aromatic N) is 4. The number of fused-ring (bicyclic) bond motifs is 1. The highest BCUT2D eigenvalue weighted by Crippen LogP contribution is 2.38. The van der Waals surface area contributed by atoms with Gasteiger partial charge in [-0.3, -0.25) is 0 Å². The van der Waals surface area contributed by atoms with Gasteiger partial charge in [-0.05, 0) is 29.7 Å². The molecular weight excluding hydrogens is 411 g/mol. The molecule has 160 valence electrons. The maximum atomic E-state index is 13.6. The molecule has 0 fully saturated rings. The van der Waals surface area contributed by atoms with Crippen molar-refractivity contribution >= 4 is 17.0 Å². The number of carbonyl (C=O) groups is 1. The zero-order valence-electron chi connectivity index (χ0n) is 16.6. The molecule has 0 radical (unpaired) electrons. The number of nitrogens with one attached hydrogen (secondary N) is 1. The summed E-state index contributed by atoms with van der Waals surface area (Å²) in [6.45, 7) is 2.02. The molecule has 2 N–H and O–H groups in total. The maximum absolute atomic E-state index is 13.6. The molecule has 7 nitrogen and oxygen atoms in total. The van der Waals surface area contributed by atoms with Crippen LogP contribution in [0.25, 0.3) is 22.4 Å². The molecule has 10 heteroatoms. The molecule has 0 saturated heterocycles. The van der Waals surface area contributed by atoms with Crippen molar-refractivity contribution in [3.05, 3.63) is 65.2 Å². The van der Waals surface area contributed by atoms with Crippen molar-refractivity contribution in [1.29, 1.82) is 0 Å². The Bertz CT molecular complexity index is 1280. The van der Waals surface area contributed by atoms with E-state index in [1.807, 2.05) is 30.7 Å². The number of hydrogen-bond acceptors (Lipinski definition) is 4. The van der Waals surface area contributed by atoms with Crippen molar-refractivity contribution in [3.8, 4) is 11.4 Å². The van der Waals surface area contributed by atoms with Gasteiger partial charge in [0.15, 0.2) is 0 Å². The number of hydrogen-bond donors (Lipinski definition) is 2. The molecule has 2 aromatic carbocycles. The van der Waals surface area contributed by atoms with Gasteiger partial charge in [-0.1, -0.05) is 25.1 Å². The van der Waals surface area contributed by atoms with Crippen molar-refractivity contribution in [2.45, 2.75) is 25.4 Å². The lowest BCUT2D eigenvalue weighted by Crippen LogP contribution is -2.13. The zero-order chi connectivity index (χ0) is 22.3. The minimum absolute atomic E-state index is 0.0802. The summed E-state index contributed by atoms with van der Waals surface area (Å²) in [5, 5.41) is 17.1. The van der Waals surface area contributed by atoms with E-state index in [1.165, 1.54) is 6.07 Å². The molecule has 0 amide bonds. The SMILES string of the molecule is CC(Cc1nncn1C)c1cccc(-c2nc3c(C(F)(F)F)c(C(=O)O)ccc3[nH]2)c1. The Morgan fingerprint density at radius 2 is 2.03 bits per heavy atom. The van der Waals surface area contributed by atoms with E-state index in [4.69, 9.17) is 0 Å². The number of carboxylic acids is 1. The molecule has 2 heterocycles. The first-order chi connectivity index (χ1) is 14.6. The van der Waals surface area contributed by atoms with Crippen LogP contribution >= 0.6 is 0 Å². The molecule has 0 aliphatic heterocycles. The summed E-state index contributed by atoms with van der Waals surface area (Å²) in [5.41, 5.74) is -0.826. The monoisotopic (exact) mass is 429 g/mol. The number of rotatable bonds is 5. The molecule has 1 unspecified atom stereocenters. The van der Waals surface area contributed by atoms with E-state index < -0.39 is 28.8 Å². The van der Waals surface area contributed by atoms with Crippen molar-refractivity contribution in [2.24, 2.45) is 7.05 Å². The Morgan fingerprint density at radius 1 is 1.26 bits per heavy atom. The first-order valence-corrected chi connectivity index (χ1v) is 9.41. The van der Waals surface area contributed by atoms with Crippen LogP contribution in [0.15, 0.2) is 42.7 Å². The normalized spacial score (nSPS) is 12.9. The van der Waals surface area contributed by atoms with Gasteiger partial charge in [0, 0.05) is 19.0 Å². The number of aryl methyl sites for hydroxylation is 1. The van der Waals surface area contributed by atoms with Crippen molar-refractivity contribution in [3.63, 3.8) is 0 Å². The average Bonchev–Trinajstić information content (AvgIpc) is 3.32. The summed E-state index contributed by atoms with van der Waals surface area (Å²) in [7, 11) is 1.86. The van der Waals surface area contributed by atoms with Gasteiger partial charge in [0.2, 0.25) is 0 Å². The maximum Gasteiger partial charge on any atom is 0.419 e. The van der Waals surface area contributed by atoms with E-state index in [2.05, 4.69) is 20.2 Å². The zero-order valence-corrected chi connectivity index (χ0v) is 16.6. The molecule has 0 saturated carbocycles. The van der Waals surface area contributed by atoms with Crippen LogP contribution in [-0.2, 0) is 19.6 Å². The van der Waals surface area contributed by atoms with Crippen molar-refractivity contribution in [1.82, 2.24) is 24.7 Å². The third-order valence-corrected chi connectivity index (χ3v) is 5.19. The standard InChI is InChI=1S/C21H18F3N5O2/c1-11(8-16-28-25-10-29(16)2)12-4-3-5-13(9-12)19-26-15-7-6-14(20(30)31)17(18(15)27-19)21(22,23)24/h3-7,9-11H,8H2,1-2H3,(H,26,27)(H,30,31). The quantitative estimate of drug-likeness (QED) is 0.490. The van der Waals surface area contributed by atoms with Crippen LogP contribution in [0, 0.1) is 0 Å². The van der Waals surface area contributed by atoms with E-state index in [1.54, 1.807) is 18.5 Å². The average molecular weight is 429 g/mol. The van der Waals surface area contributed by atoms with Crippen LogP contribution in [0.2, 0.25) is 0 Å². The Kier molecular flexibility index (Phi) is 5.00. The molecule has 0 bridgehead atoms. The highest BCUT2D eigenvalue weighted by Gasteiger charge is 2.38. The molecule has 0 aliphatic carbocycles. The summed E-state index contributed by atoms with van der Waals surface area (Å²) in [6.07, 6.45) is -2.59. The second kappa shape index (κ2) is 7.53. The Morgan fingerprint density at radius 3 is 2.68 bits per heavy atom. The van der Waals surface area contributed by atoms with Crippen LogP contribution in [0.3, 0.4) is 0 Å². The number of imidazole rings is 1. The van der Waals surface area contributed by atoms with Gasteiger partial charge >= 0.3 is 12.1 Å². The highest BCUT2D eigenvalue weighted by atomic mass is 19.4. The number of benzene rings is 2. The molecule has 1 atom stereocenters. The van der Waals surface area contributed by atoms with Crippen molar-refractivity contribution in [2.75, 3.05) is 0 Å².